The Balaban J connectivity index is 1.69. The third-order valence-electron chi connectivity index (χ3n) is 5.54. The summed E-state index contributed by atoms with van der Waals surface area (Å²) < 4.78 is 1.95. The summed E-state index contributed by atoms with van der Waals surface area (Å²) in [5.41, 5.74) is 0.587. The number of aliphatic hydroxyl groups excluding tert-OH is 1. The van der Waals surface area contributed by atoms with Crippen molar-refractivity contribution in [3.63, 3.8) is 0 Å². The number of tetrazole rings is 1. The van der Waals surface area contributed by atoms with Crippen molar-refractivity contribution in [1.82, 2.24) is 40.4 Å². The lowest BCUT2D eigenvalue weighted by Crippen LogP contribution is -2.26. The van der Waals surface area contributed by atoms with Gasteiger partial charge in [-0.05, 0) is 35.6 Å². The van der Waals surface area contributed by atoms with Gasteiger partial charge in [-0.2, -0.15) is 5.10 Å². The maximum absolute atomic E-state index is 10.0. The zero-order valence-corrected chi connectivity index (χ0v) is 16.4. The number of aromatic amines is 1. The van der Waals surface area contributed by atoms with E-state index in [1.165, 1.54) is 0 Å². The van der Waals surface area contributed by atoms with Crippen molar-refractivity contribution in [2.24, 2.45) is 5.92 Å². The van der Waals surface area contributed by atoms with E-state index >= 15 is 0 Å². The van der Waals surface area contributed by atoms with Gasteiger partial charge in [0.15, 0.2) is 11.5 Å². The summed E-state index contributed by atoms with van der Waals surface area (Å²) in [6.07, 6.45) is 4.50. The second-order valence-corrected chi connectivity index (χ2v) is 8.90. The SMILES string of the molecule is CC(C)(C)c1nc(N2CC[C@H](O)C2)c2cnn(C(c3nnn[nH]3)C3CC3)c2n1. The Hall–Kier alpha value is -2.62. The minimum absolute atomic E-state index is 0.0627. The normalized spacial score (nSPS) is 21.6. The molecular formula is C18H25N9O. The summed E-state index contributed by atoms with van der Waals surface area (Å²) in [4.78, 5) is 11.9. The molecule has 28 heavy (non-hydrogen) atoms. The van der Waals surface area contributed by atoms with Gasteiger partial charge in [-0.1, -0.05) is 20.8 Å². The molecule has 10 heteroatoms. The van der Waals surface area contributed by atoms with E-state index in [2.05, 4.69) is 46.3 Å². The molecule has 4 heterocycles. The van der Waals surface area contributed by atoms with Crippen LogP contribution < -0.4 is 4.90 Å². The van der Waals surface area contributed by atoms with Gasteiger partial charge in [-0.3, -0.25) is 0 Å². The van der Waals surface area contributed by atoms with Crippen molar-refractivity contribution < 1.29 is 5.11 Å². The van der Waals surface area contributed by atoms with Crippen LogP contribution in [0, 0.1) is 5.92 Å². The number of fused-ring (bicyclic) bond motifs is 1. The molecule has 0 radical (unpaired) electrons. The van der Waals surface area contributed by atoms with Gasteiger partial charge in [0.1, 0.15) is 17.7 Å². The van der Waals surface area contributed by atoms with E-state index in [4.69, 9.17) is 15.1 Å². The van der Waals surface area contributed by atoms with Gasteiger partial charge in [-0.15, -0.1) is 5.10 Å². The zero-order valence-electron chi connectivity index (χ0n) is 16.4. The molecule has 10 nitrogen and oxygen atoms in total. The topological polar surface area (TPSA) is 122 Å². The fraction of sp³-hybridized carbons (Fsp3) is 0.667. The summed E-state index contributed by atoms with van der Waals surface area (Å²) in [6.45, 7) is 7.68. The minimum Gasteiger partial charge on any atom is -0.391 e. The van der Waals surface area contributed by atoms with Crippen molar-refractivity contribution in [2.75, 3.05) is 18.0 Å². The third-order valence-corrected chi connectivity index (χ3v) is 5.54. The van der Waals surface area contributed by atoms with Gasteiger partial charge in [0.05, 0.1) is 17.7 Å². The molecule has 1 unspecified atom stereocenters. The molecule has 1 saturated carbocycles. The van der Waals surface area contributed by atoms with E-state index in [-0.39, 0.29) is 17.6 Å². The molecule has 1 aliphatic carbocycles. The molecule has 1 saturated heterocycles. The largest absolute Gasteiger partial charge is 0.391 e. The second kappa shape index (κ2) is 6.20. The lowest BCUT2D eigenvalue weighted by molar-refractivity contribution is 0.198. The van der Waals surface area contributed by atoms with Crippen LogP contribution in [0.25, 0.3) is 11.0 Å². The van der Waals surface area contributed by atoms with Crippen LogP contribution in [0.1, 0.15) is 57.7 Å². The predicted molar refractivity (Wildman–Crippen MR) is 102 cm³/mol. The molecular weight excluding hydrogens is 358 g/mol. The maximum Gasteiger partial charge on any atom is 0.173 e. The molecule has 148 valence electrons. The Kier molecular flexibility index (Phi) is 3.87. The molecule has 5 rings (SSSR count). The summed E-state index contributed by atoms with van der Waals surface area (Å²) in [5, 5.41) is 30.2. The average Bonchev–Trinajstić information content (AvgIpc) is 3.03. The molecule has 2 aliphatic rings. The van der Waals surface area contributed by atoms with Crippen LogP contribution in [0.4, 0.5) is 5.82 Å². The molecule has 0 bridgehead atoms. The smallest absolute Gasteiger partial charge is 0.173 e. The molecule has 1 aliphatic heterocycles. The predicted octanol–water partition coefficient (Wildman–Crippen LogP) is 1.21. The minimum atomic E-state index is -0.322. The van der Waals surface area contributed by atoms with Crippen LogP contribution in [0.15, 0.2) is 6.20 Å². The molecule has 0 spiro atoms. The maximum atomic E-state index is 10.0. The molecule has 0 amide bonds. The number of nitrogens with one attached hydrogen (secondary N) is 1. The molecule has 2 N–H and O–H groups in total. The van der Waals surface area contributed by atoms with Gasteiger partial charge in [0.25, 0.3) is 0 Å². The van der Waals surface area contributed by atoms with Crippen molar-refractivity contribution in [3.8, 4) is 0 Å². The van der Waals surface area contributed by atoms with Crippen molar-refractivity contribution in [2.45, 2.75) is 57.6 Å². The zero-order chi connectivity index (χ0) is 19.5. The van der Waals surface area contributed by atoms with E-state index in [0.717, 1.165) is 48.5 Å². The van der Waals surface area contributed by atoms with E-state index in [0.29, 0.717) is 18.3 Å². The standard InChI is InChI=1S/C18H25N9O/c1-18(2,3)17-20-15(26-7-6-11(28)9-26)12-8-19-27(16(12)21-17)13(10-4-5-10)14-22-24-25-23-14/h8,10-11,13,28H,4-7,9H2,1-3H3,(H,22,23,24,25)/t11-,13?/m0/s1. The van der Waals surface area contributed by atoms with Gasteiger partial charge in [0, 0.05) is 18.5 Å². The average molecular weight is 383 g/mol. The Morgan fingerprint density at radius 2 is 2.04 bits per heavy atom. The van der Waals surface area contributed by atoms with Crippen molar-refractivity contribution >= 4 is 16.9 Å². The second-order valence-electron chi connectivity index (χ2n) is 8.90. The van der Waals surface area contributed by atoms with Crippen LogP contribution in [-0.2, 0) is 5.41 Å². The van der Waals surface area contributed by atoms with E-state index in [1.807, 2.05) is 10.9 Å². The molecule has 2 atom stereocenters. The third kappa shape index (κ3) is 2.92. The molecule has 0 aromatic carbocycles. The molecule has 2 fully saturated rings. The highest BCUT2D eigenvalue weighted by Crippen LogP contribution is 2.43. The number of β-amino-alcohol motifs (C(OH)–C–C–N with tert-alkyl or cyclic N) is 1. The van der Waals surface area contributed by atoms with Crippen molar-refractivity contribution in [1.29, 1.82) is 0 Å². The first kappa shape index (κ1) is 17.5. The molecule has 3 aromatic rings. The van der Waals surface area contributed by atoms with Crippen LogP contribution in [0.2, 0.25) is 0 Å². The highest BCUT2D eigenvalue weighted by molar-refractivity contribution is 5.87. The summed E-state index contributed by atoms with van der Waals surface area (Å²) in [7, 11) is 0. The first-order valence-corrected chi connectivity index (χ1v) is 9.84. The van der Waals surface area contributed by atoms with Gasteiger partial charge in [0.2, 0.25) is 0 Å². The lowest BCUT2D eigenvalue weighted by Gasteiger charge is -2.23. The number of hydrogen-bond donors (Lipinski definition) is 2. The highest BCUT2D eigenvalue weighted by Gasteiger charge is 2.38. The van der Waals surface area contributed by atoms with E-state index < -0.39 is 0 Å². The monoisotopic (exact) mass is 383 g/mol. The number of hydrogen-bond acceptors (Lipinski definition) is 8. The quantitative estimate of drug-likeness (QED) is 0.689. The van der Waals surface area contributed by atoms with Crippen LogP contribution >= 0.6 is 0 Å². The number of aromatic nitrogens is 8. The first-order chi connectivity index (χ1) is 13.4. The Morgan fingerprint density at radius 1 is 1.21 bits per heavy atom. The van der Waals surface area contributed by atoms with Crippen LogP contribution in [0.3, 0.4) is 0 Å². The van der Waals surface area contributed by atoms with E-state index in [1.54, 1.807) is 0 Å². The molecule has 3 aromatic heterocycles. The fourth-order valence-corrected chi connectivity index (χ4v) is 3.87. The fourth-order valence-electron chi connectivity index (χ4n) is 3.87. The van der Waals surface area contributed by atoms with Crippen molar-refractivity contribution in [3.05, 3.63) is 17.8 Å². The number of nitrogens with zero attached hydrogens (tertiary/aromatic N) is 8. The first-order valence-electron chi connectivity index (χ1n) is 9.84. The number of anilines is 1. The number of aliphatic hydroxyl groups is 1. The summed E-state index contributed by atoms with van der Waals surface area (Å²) >= 11 is 0. The number of H-pyrrole nitrogens is 1. The Labute approximate surface area is 162 Å². The number of rotatable bonds is 4. The van der Waals surface area contributed by atoms with Gasteiger partial charge in [-0.25, -0.2) is 19.7 Å². The Morgan fingerprint density at radius 3 is 2.64 bits per heavy atom. The highest BCUT2D eigenvalue weighted by atomic mass is 16.3. The summed E-state index contributed by atoms with van der Waals surface area (Å²) in [5.74, 6) is 2.77. The Bertz CT molecular complexity index is 987. The van der Waals surface area contributed by atoms with Gasteiger partial charge >= 0.3 is 0 Å². The van der Waals surface area contributed by atoms with Gasteiger partial charge < -0.3 is 10.0 Å². The summed E-state index contributed by atoms with van der Waals surface area (Å²) in [6, 6.07) is -0.0627. The van der Waals surface area contributed by atoms with Crippen LogP contribution in [-0.4, -0.2) is 64.7 Å². The van der Waals surface area contributed by atoms with Crippen LogP contribution in [0.5, 0.6) is 0 Å². The van der Waals surface area contributed by atoms with E-state index in [9.17, 15) is 5.11 Å². The lowest BCUT2D eigenvalue weighted by atomic mass is 9.95.